The standard InChI is InChI=1S/C29H35ClN2O6/c1-28(2,3)38-27(35)31-29(22-7-4-5-8-23(22)30)14-6-9-24(25(29)33)37-26(34)21-12-10-20(11-13-21)19-32-15-17-36-18-16-32/h4-5,7-8,10-13,24H,6,9,14-19H2,1-3H3,(H,31,35)/t24-,29-/m0/s1. The molecule has 1 heterocycles. The van der Waals surface area contributed by atoms with Crippen molar-refractivity contribution in [3.05, 3.63) is 70.2 Å². The molecule has 8 nitrogen and oxygen atoms in total. The van der Waals surface area contributed by atoms with E-state index < -0.39 is 35.1 Å². The van der Waals surface area contributed by atoms with E-state index >= 15 is 0 Å². The Morgan fingerprint density at radius 2 is 1.79 bits per heavy atom. The number of carbonyl (C=O) groups excluding carboxylic acids is 3. The second-order valence-electron chi connectivity index (χ2n) is 10.7. The fourth-order valence-corrected chi connectivity index (χ4v) is 5.20. The molecule has 2 aliphatic rings. The molecule has 0 spiro atoms. The summed E-state index contributed by atoms with van der Waals surface area (Å²) in [6, 6.07) is 14.1. The lowest BCUT2D eigenvalue weighted by molar-refractivity contribution is -0.138. The Labute approximate surface area is 228 Å². The minimum absolute atomic E-state index is 0.305. The molecule has 1 N–H and O–H groups in total. The number of esters is 1. The first-order valence-corrected chi connectivity index (χ1v) is 13.4. The van der Waals surface area contributed by atoms with Gasteiger partial charge in [-0.15, -0.1) is 0 Å². The highest BCUT2D eigenvalue weighted by molar-refractivity contribution is 6.32. The minimum atomic E-state index is -1.48. The number of amides is 1. The zero-order chi connectivity index (χ0) is 27.3. The molecule has 1 aliphatic heterocycles. The first-order chi connectivity index (χ1) is 18.1. The number of carbonyl (C=O) groups is 3. The Bertz CT molecular complexity index is 1160. The molecule has 38 heavy (non-hydrogen) atoms. The van der Waals surface area contributed by atoms with Gasteiger partial charge in [0.25, 0.3) is 0 Å². The fraction of sp³-hybridized carbons (Fsp3) is 0.483. The average molecular weight is 543 g/mol. The number of Topliss-reactive ketones (excluding diaryl/α,β-unsaturated/α-hetero) is 1. The van der Waals surface area contributed by atoms with Gasteiger partial charge in [0.15, 0.2) is 6.10 Å². The number of nitrogens with one attached hydrogen (secondary N) is 1. The van der Waals surface area contributed by atoms with Crippen molar-refractivity contribution in [3.63, 3.8) is 0 Å². The van der Waals surface area contributed by atoms with Gasteiger partial charge in [-0.05, 0) is 63.8 Å². The van der Waals surface area contributed by atoms with E-state index in [0.717, 1.165) is 38.4 Å². The van der Waals surface area contributed by atoms with Crippen LogP contribution in [0.2, 0.25) is 5.02 Å². The van der Waals surface area contributed by atoms with Crippen molar-refractivity contribution < 1.29 is 28.6 Å². The maximum Gasteiger partial charge on any atom is 0.408 e. The number of ketones is 1. The molecule has 2 atom stereocenters. The number of rotatable bonds is 6. The number of hydrogen-bond acceptors (Lipinski definition) is 7. The average Bonchev–Trinajstić information content (AvgIpc) is 2.87. The van der Waals surface area contributed by atoms with E-state index in [1.807, 2.05) is 12.1 Å². The van der Waals surface area contributed by atoms with E-state index in [-0.39, 0.29) is 0 Å². The summed E-state index contributed by atoms with van der Waals surface area (Å²) >= 11 is 6.50. The van der Waals surface area contributed by atoms with Crippen molar-refractivity contribution in [2.75, 3.05) is 26.3 Å². The Morgan fingerprint density at radius 1 is 1.11 bits per heavy atom. The number of ether oxygens (including phenoxy) is 3. The molecule has 0 aromatic heterocycles. The van der Waals surface area contributed by atoms with Crippen LogP contribution in [0.5, 0.6) is 0 Å². The van der Waals surface area contributed by atoms with Crippen LogP contribution in [-0.2, 0) is 31.1 Å². The molecule has 2 fully saturated rings. The summed E-state index contributed by atoms with van der Waals surface area (Å²) in [6.07, 6.45) is -0.603. The van der Waals surface area contributed by atoms with Gasteiger partial charge in [0.2, 0.25) is 5.78 Å². The quantitative estimate of drug-likeness (QED) is 0.520. The van der Waals surface area contributed by atoms with Crippen LogP contribution in [0.3, 0.4) is 0 Å². The van der Waals surface area contributed by atoms with Gasteiger partial charge in [0.1, 0.15) is 11.1 Å². The normalized spacial score (nSPS) is 22.5. The van der Waals surface area contributed by atoms with Crippen LogP contribution in [-0.4, -0.2) is 60.8 Å². The van der Waals surface area contributed by atoms with E-state index in [2.05, 4.69) is 10.2 Å². The van der Waals surface area contributed by atoms with Crippen molar-refractivity contribution in [2.45, 2.75) is 63.8 Å². The van der Waals surface area contributed by atoms with Gasteiger partial charge in [0.05, 0.1) is 18.8 Å². The van der Waals surface area contributed by atoms with Gasteiger partial charge >= 0.3 is 12.1 Å². The Hall–Kier alpha value is -2.94. The number of morpholine rings is 1. The molecular weight excluding hydrogens is 508 g/mol. The number of alkyl carbamates (subject to hydrolysis) is 1. The van der Waals surface area contributed by atoms with Crippen LogP contribution < -0.4 is 5.32 Å². The van der Waals surface area contributed by atoms with Crippen molar-refractivity contribution in [1.29, 1.82) is 0 Å². The van der Waals surface area contributed by atoms with Gasteiger partial charge in [-0.1, -0.05) is 41.9 Å². The molecule has 0 radical (unpaired) electrons. The molecular formula is C29H35ClN2O6. The monoisotopic (exact) mass is 542 g/mol. The summed E-state index contributed by atoms with van der Waals surface area (Å²) in [7, 11) is 0. The third-order valence-electron chi connectivity index (χ3n) is 6.73. The van der Waals surface area contributed by atoms with Crippen molar-refractivity contribution >= 4 is 29.4 Å². The highest BCUT2D eigenvalue weighted by Gasteiger charge is 2.50. The lowest BCUT2D eigenvalue weighted by atomic mass is 9.74. The summed E-state index contributed by atoms with van der Waals surface area (Å²) in [5.41, 5.74) is -0.352. The molecule has 204 valence electrons. The fourth-order valence-electron chi connectivity index (χ4n) is 4.90. The Kier molecular flexibility index (Phi) is 8.75. The summed E-state index contributed by atoms with van der Waals surface area (Å²) in [6.45, 7) is 9.19. The van der Waals surface area contributed by atoms with Gasteiger partial charge in [-0.2, -0.15) is 0 Å². The smallest absolute Gasteiger partial charge is 0.408 e. The third-order valence-corrected chi connectivity index (χ3v) is 7.06. The SMILES string of the molecule is CC(C)(C)OC(=O)N[C@]1(c2ccccc2Cl)CCC[C@H](OC(=O)c2ccc(CN3CCOCC3)cc2)C1=O. The first-order valence-electron chi connectivity index (χ1n) is 13.0. The lowest BCUT2D eigenvalue weighted by Gasteiger charge is -2.40. The van der Waals surface area contributed by atoms with E-state index in [9.17, 15) is 14.4 Å². The van der Waals surface area contributed by atoms with E-state index in [0.29, 0.717) is 35.4 Å². The summed E-state index contributed by atoms with van der Waals surface area (Å²) in [5.74, 6) is -1.02. The lowest BCUT2D eigenvalue weighted by Crippen LogP contribution is -2.58. The zero-order valence-electron chi connectivity index (χ0n) is 22.1. The summed E-state index contributed by atoms with van der Waals surface area (Å²) in [4.78, 5) is 42.1. The highest BCUT2D eigenvalue weighted by atomic mass is 35.5. The maximum atomic E-state index is 13.9. The van der Waals surface area contributed by atoms with Gasteiger partial charge < -0.3 is 19.5 Å². The molecule has 2 aromatic rings. The zero-order valence-corrected chi connectivity index (χ0v) is 22.9. The van der Waals surface area contributed by atoms with E-state index in [4.69, 9.17) is 25.8 Å². The Morgan fingerprint density at radius 3 is 2.45 bits per heavy atom. The molecule has 4 rings (SSSR count). The van der Waals surface area contributed by atoms with Crippen LogP contribution >= 0.6 is 11.6 Å². The number of hydrogen-bond donors (Lipinski definition) is 1. The topological polar surface area (TPSA) is 94.2 Å². The second-order valence-corrected chi connectivity index (χ2v) is 11.2. The summed E-state index contributed by atoms with van der Waals surface area (Å²) < 4.78 is 16.6. The molecule has 0 unspecified atom stereocenters. The molecule has 1 aliphatic carbocycles. The summed E-state index contributed by atoms with van der Waals surface area (Å²) in [5, 5.41) is 3.12. The van der Waals surface area contributed by atoms with Crippen molar-refractivity contribution in [2.24, 2.45) is 0 Å². The molecule has 2 aromatic carbocycles. The predicted molar refractivity (Wildman–Crippen MR) is 143 cm³/mol. The highest BCUT2D eigenvalue weighted by Crippen LogP contribution is 2.39. The van der Waals surface area contributed by atoms with Gasteiger partial charge in [0, 0.05) is 30.2 Å². The van der Waals surface area contributed by atoms with Crippen LogP contribution in [0.1, 0.15) is 61.5 Å². The first kappa shape index (κ1) is 28.1. The molecule has 1 saturated carbocycles. The number of benzene rings is 2. The number of nitrogens with zero attached hydrogens (tertiary/aromatic N) is 1. The van der Waals surface area contributed by atoms with Crippen LogP contribution in [0, 0.1) is 0 Å². The third kappa shape index (κ3) is 6.73. The second kappa shape index (κ2) is 11.8. The van der Waals surface area contributed by atoms with Crippen molar-refractivity contribution in [3.8, 4) is 0 Å². The van der Waals surface area contributed by atoms with Gasteiger partial charge in [-0.3, -0.25) is 9.69 Å². The van der Waals surface area contributed by atoms with Crippen LogP contribution in [0.4, 0.5) is 4.79 Å². The Balaban J connectivity index is 1.51. The molecule has 0 bridgehead atoms. The van der Waals surface area contributed by atoms with Crippen LogP contribution in [0.15, 0.2) is 48.5 Å². The van der Waals surface area contributed by atoms with Crippen molar-refractivity contribution in [1.82, 2.24) is 10.2 Å². The maximum absolute atomic E-state index is 13.9. The molecule has 9 heteroatoms. The molecule has 1 amide bonds. The van der Waals surface area contributed by atoms with Gasteiger partial charge in [-0.25, -0.2) is 9.59 Å². The number of halogens is 1. The van der Waals surface area contributed by atoms with E-state index in [1.165, 1.54) is 0 Å². The van der Waals surface area contributed by atoms with E-state index in [1.54, 1.807) is 57.2 Å². The van der Waals surface area contributed by atoms with Crippen LogP contribution in [0.25, 0.3) is 0 Å². The predicted octanol–water partition coefficient (Wildman–Crippen LogP) is 4.87. The minimum Gasteiger partial charge on any atom is -0.451 e. The largest absolute Gasteiger partial charge is 0.451 e. The molecule has 1 saturated heterocycles.